The van der Waals surface area contributed by atoms with Gasteiger partial charge in [0.1, 0.15) is 5.82 Å². The Kier molecular flexibility index (Phi) is 1.91. The van der Waals surface area contributed by atoms with Gasteiger partial charge in [-0.25, -0.2) is 0 Å². The molecule has 54 valence electrons. The number of halogens is 1. The quantitative estimate of drug-likeness (QED) is 0.656. The van der Waals surface area contributed by atoms with Crippen molar-refractivity contribution in [3.63, 3.8) is 0 Å². The first-order valence-electron chi connectivity index (χ1n) is 2.56. The Hall–Kier alpha value is -1.03. The molecule has 4 nitrogen and oxygen atoms in total. The first-order valence-corrected chi connectivity index (χ1v) is 2.94. The van der Waals surface area contributed by atoms with E-state index in [0.717, 1.165) is 0 Å². The molecule has 0 saturated carbocycles. The van der Waals surface area contributed by atoms with E-state index in [1.807, 2.05) is 0 Å². The van der Waals surface area contributed by atoms with Gasteiger partial charge in [0.05, 0.1) is 7.11 Å². The molecule has 1 aromatic heterocycles. The number of rotatable bonds is 1. The van der Waals surface area contributed by atoms with Crippen LogP contribution in [0.25, 0.3) is 0 Å². The Morgan fingerprint density at radius 2 is 2.30 bits per heavy atom. The van der Waals surface area contributed by atoms with Gasteiger partial charge < -0.3 is 10.5 Å². The molecule has 5 heteroatoms. The lowest BCUT2D eigenvalue weighted by Crippen LogP contribution is -1.95. The van der Waals surface area contributed by atoms with E-state index in [1.165, 1.54) is 13.2 Å². The molecule has 0 bridgehead atoms. The van der Waals surface area contributed by atoms with Gasteiger partial charge in [0.15, 0.2) is 10.9 Å². The molecular weight excluding hydrogens is 154 g/mol. The molecule has 0 aliphatic heterocycles. The number of hydrogen-bond acceptors (Lipinski definition) is 4. The van der Waals surface area contributed by atoms with Crippen molar-refractivity contribution in [2.24, 2.45) is 0 Å². The standard InChI is InChI=1S/C5H6ClN3O/c1-10-3-2-4(7)8-9-5(3)6/h2H,1H3,(H2,7,8). The maximum absolute atomic E-state index is 5.54. The predicted molar refractivity (Wildman–Crippen MR) is 38.0 cm³/mol. The van der Waals surface area contributed by atoms with Crippen LogP contribution in [0.15, 0.2) is 6.07 Å². The SMILES string of the molecule is COc1cc(N)nnc1Cl. The summed E-state index contributed by atoms with van der Waals surface area (Å²) in [5, 5.41) is 7.24. The minimum atomic E-state index is 0.219. The number of methoxy groups -OCH3 is 1. The summed E-state index contributed by atoms with van der Waals surface area (Å²) in [5.74, 6) is 0.732. The van der Waals surface area contributed by atoms with Gasteiger partial charge in [-0.1, -0.05) is 11.6 Å². The fourth-order valence-electron chi connectivity index (χ4n) is 0.517. The molecule has 10 heavy (non-hydrogen) atoms. The van der Waals surface area contributed by atoms with Crippen molar-refractivity contribution >= 4 is 17.4 Å². The molecule has 0 spiro atoms. The molecule has 1 aromatic rings. The molecule has 0 saturated heterocycles. The Bertz CT molecular complexity index is 240. The van der Waals surface area contributed by atoms with Gasteiger partial charge in [-0.2, -0.15) is 0 Å². The zero-order chi connectivity index (χ0) is 7.56. The highest BCUT2D eigenvalue weighted by atomic mass is 35.5. The van der Waals surface area contributed by atoms with E-state index in [-0.39, 0.29) is 5.15 Å². The van der Waals surface area contributed by atoms with Crippen molar-refractivity contribution < 1.29 is 4.74 Å². The summed E-state index contributed by atoms with van der Waals surface area (Å²) >= 11 is 5.54. The largest absolute Gasteiger partial charge is 0.493 e. The third-order valence-corrected chi connectivity index (χ3v) is 1.22. The number of aromatic nitrogens is 2. The molecule has 0 unspecified atom stereocenters. The molecular formula is C5H6ClN3O. The van der Waals surface area contributed by atoms with Gasteiger partial charge in [-0.3, -0.25) is 0 Å². The fourth-order valence-corrected chi connectivity index (χ4v) is 0.686. The molecule has 0 atom stereocenters. The molecule has 0 amide bonds. The van der Waals surface area contributed by atoms with Gasteiger partial charge >= 0.3 is 0 Å². The van der Waals surface area contributed by atoms with E-state index < -0.39 is 0 Å². The van der Waals surface area contributed by atoms with E-state index in [0.29, 0.717) is 11.6 Å². The first-order chi connectivity index (χ1) is 4.74. The lowest BCUT2D eigenvalue weighted by atomic mass is 10.5. The normalized spacial score (nSPS) is 9.40. The van der Waals surface area contributed by atoms with Gasteiger partial charge in [-0.05, 0) is 0 Å². The molecule has 0 aliphatic carbocycles. The molecule has 1 heterocycles. The van der Waals surface area contributed by atoms with Crippen LogP contribution in [0.3, 0.4) is 0 Å². The molecule has 0 aromatic carbocycles. The van der Waals surface area contributed by atoms with Crippen molar-refractivity contribution in [3.8, 4) is 5.75 Å². The maximum Gasteiger partial charge on any atom is 0.193 e. The zero-order valence-corrected chi connectivity index (χ0v) is 6.09. The molecule has 0 aliphatic rings. The summed E-state index contributed by atoms with van der Waals surface area (Å²) in [7, 11) is 1.49. The van der Waals surface area contributed by atoms with Crippen LogP contribution in [0.2, 0.25) is 5.15 Å². The summed E-state index contributed by atoms with van der Waals surface area (Å²) in [6.07, 6.45) is 0. The van der Waals surface area contributed by atoms with Crippen LogP contribution in [-0.4, -0.2) is 17.3 Å². The van der Waals surface area contributed by atoms with E-state index in [9.17, 15) is 0 Å². The second-order valence-corrected chi connectivity index (χ2v) is 1.99. The minimum absolute atomic E-state index is 0.219. The topological polar surface area (TPSA) is 61.0 Å². The summed E-state index contributed by atoms with van der Waals surface area (Å²) in [6.45, 7) is 0. The zero-order valence-electron chi connectivity index (χ0n) is 5.34. The second kappa shape index (κ2) is 2.70. The fraction of sp³-hybridized carbons (Fsp3) is 0.200. The van der Waals surface area contributed by atoms with Crippen LogP contribution in [0.1, 0.15) is 0 Å². The van der Waals surface area contributed by atoms with Crippen molar-refractivity contribution in [1.29, 1.82) is 0 Å². The van der Waals surface area contributed by atoms with E-state index in [1.54, 1.807) is 0 Å². The third-order valence-electron chi connectivity index (χ3n) is 0.955. The second-order valence-electron chi connectivity index (χ2n) is 1.63. The van der Waals surface area contributed by atoms with Crippen LogP contribution in [0.5, 0.6) is 5.75 Å². The highest BCUT2D eigenvalue weighted by Crippen LogP contribution is 2.20. The highest BCUT2D eigenvalue weighted by Gasteiger charge is 2.01. The summed E-state index contributed by atoms with van der Waals surface area (Å²) in [5.41, 5.74) is 5.29. The number of nitrogen functional groups attached to an aromatic ring is 1. The highest BCUT2D eigenvalue weighted by molar-refractivity contribution is 6.30. The van der Waals surface area contributed by atoms with Gasteiger partial charge in [0.2, 0.25) is 0 Å². The lowest BCUT2D eigenvalue weighted by molar-refractivity contribution is 0.412. The van der Waals surface area contributed by atoms with Crippen LogP contribution >= 0.6 is 11.6 Å². The average molecular weight is 160 g/mol. The van der Waals surface area contributed by atoms with Crippen molar-refractivity contribution in [3.05, 3.63) is 11.2 Å². The monoisotopic (exact) mass is 159 g/mol. The van der Waals surface area contributed by atoms with Crippen molar-refractivity contribution in [2.45, 2.75) is 0 Å². The Balaban J connectivity index is 3.09. The van der Waals surface area contributed by atoms with E-state index in [4.69, 9.17) is 22.1 Å². The number of nitrogens with two attached hydrogens (primary N) is 1. The first kappa shape index (κ1) is 7.08. The number of ether oxygens (including phenoxy) is 1. The lowest BCUT2D eigenvalue weighted by Gasteiger charge is -1.99. The van der Waals surface area contributed by atoms with Crippen molar-refractivity contribution in [1.82, 2.24) is 10.2 Å². The summed E-state index contributed by atoms with van der Waals surface area (Å²) in [6, 6.07) is 1.51. The Morgan fingerprint density at radius 1 is 1.60 bits per heavy atom. The molecule has 2 N–H and O–H groups in total. The Labute approximate surface area is 63.0 Å². The van der Waals surface area contributed by atoms with Gasteiger partial charge in [-0.15, -0.1) is 10.2 Å². The number of hydrogen-bond donors (Lipinski definition) is 1. The van der Waals surface area contributed by atoms with Crippen LogP contribution in [0, 0.1) is 0 Å². The van der Waals surface area contributed by atoms with Crippen LogP contribution < -0.4 is 10.5 Å². The van der Waals surface area contributed by atoms with Gasteiger partial charge in [0.25, 0.3) is 0 Å². The molecule has 1 rings (SSSR count). The van der Waals surface area contributed by atoms with Crippen molar-refractivity contribution in [2.75, 3.05) is 12.8 Å². The number of nitrogens with zero attached hydrogens (tertiary/aromatic N) is 2. The maximum atomic E-state index is 5.54. The molecule has 0 radical (unpaired) electrons. The van der Waals surface area contributed by atoms with Crippen LogP contribution in [0.4, 0.5) is 5.82 Å². The molecule has 0 fully saturated rings. The minimum Gasteiger partial charge on any atom is -0.493 e. The number of anilines is 1. The Morgan fingerprint density at radius 3 is 2.80 bits per heavy atom. The van der Waals surface area contributed by atoms with E-state index in [2.05, 4.69) is 10.2 Å². The van der Waals surface area contributed by atoms with Crippen LogP contribution in [-0.2, 0) is 0 Å². The predicted octanol–water partition coefficient (Wildman–Crippen LogP) is 0.721. The van der Waals surface area contributed by atoms with E-state index >= 15 is 0 Å². The smallest absolute Gasteiger partial charge is 0.193 e. The third kappa shape index (κ3) is 1.27. The summed E-state index contributed by atoms with van der Waals surface area (Å²) in [4.78, 5) is 0. The van der Waals surface area contributed by atoms with Gasteiger partial charge in [0, 0.05) is 6.07 Å². The summed E-state index contributed by atoms with van der Waals surface area (Å²) < 4.78 is 4.81. The average Bonchev–Trinajstić information content (AvgIpc) is 1.94.